The van der Waals surface area contributed by atoms with E-state index in [4.69, 9.17) is 0 Å². The zero-order chi connectivity index (χ0) is 15.5. The highest BCUT2D eigenvalue weighted by atomic mass is 35.5. The van der Waals surface area contributed by atoms with Gasteiger partial charge in [0.25, 0.3) is 0 Å². The van der Waals surface area contributed by atoms with Crippen LogP contribution in [-0.4, -0.2) is 37.3 Å². The Morgan fingerprint density at radius 1 is 1.17 bits per heavy atom. The molecule has 8 heteroatoms. The predicted octanol–water partition coefficient (Wildman–Crippen LogP) is 4.27. The Bertz CT molecular complexity index is 477. The van der Waals surface area contributed by atoms with Gasteiger partial charge in [-0.2, -0.15) is 13.2 Å². The Hall–Kier alpha value is -0.560. The summed E-state index contributed by atoms with van der Waals surface area (Å²) in [6.07, 6.45) is -5.07. The minimum absolute atomic E-state index is 0. The molecule has 1 atom stereocenters. The monoisotopic (exact) mass is 376 g/mol. The minimum Gasteiger partial charge on any atom is -0.314 e. The molecular formula is C15H22Cl2F4N2. The Labute approximate surface area is 146 Å². The van der Waals surface area contributed by atoms with Crippen LogP contribution < -0.4 is 5.32 Å². The van der Waals surface area contributed by atoms with Gasteiger partial charge in [-0.3, -0.25) is 4.90 Å². The molecule has 1 saturated heterocycles. The van der Waals surface area contributed by atoms with E-state index in [0.717, 1.165) is 13.1 Å². The molecule has 1 aromatic rings. The molecule has 2 nitrogen and oxygen atoms in total. The first kappa shape index (κ1) is 22.4. The van der Waals surface area contributed by atoms with Crippen molar-refractivity contribution < 1.29 is 17.6 Å². The molecule has 0 unspecified atom stereocenters. The van der Waals surface area contributed by atoms with Gasteiger partial charge in [0.1, 0.15) is 5.82 Å². The van der Waals surface area contributed by atoms with Gasteiger partial charge in [0.2, 0.25) is 0 Å². The summed E-state index contributed by atoms with van der Waals surface area (Å²) in [5.41, 5.74) is 1.12. The molecule has 134 valence electrons. The van der Waals surface area contributed by atoms with E-state index in [1.165, 1.54) is 6.07 Å². The molecule has 1 aliphatic rings. The molecule has 0 amide bonds. The van der Waals surface area contributed by atoms with Crippen LogP contribution in [0, 0.1) is 12.7 Å². The molecule has 0 spiro atoms. The molecule has 23 heavy (non-hydrogen) atoms. The number of hydrogen-bond donors (Lipinski definition) is 1. The van der Waals surface area contributed by atoms with E-state index in [0.29, 0.717) is 24.2 Å². The maximum Gasteiger partial charge on any atom is 0.389 e. The summed E-state index contributed by atoms with van der Waals surface area (Å²) >= 11 is 0. The zero-order valence-electron chi connectivity index (χ0n) is 12.8. The molecule has 1 fully saturated rings. The van der Waals surface area contributed by atoms with Gasteiger partial charge < -0.3 is 5.32 Å². The molecule has 0 aliphatic carbocycles. The number of benzene rings is 1. The standard InChI is InChI=1S/C15H20F4N2.2ClH/c1-11-12(3-2-4-13(11)16)14(5-6-15(17,18)19)21-9-7-20-8-10-21;;/h2-4,14,20H,5-10H2,1H3;2*1H/t14-;;/m0../s1. The van der Waals surface area contributed by atoms with Crippen molar-refractivity contribution in [3.63, 3.8) is 0 Å². The van der Waals surface area contributed by atoms with Crippen molar-refractivity contribution in [2.24, 2.45) is 0 Å². The second-order valence-corrected chi connectivity index (χ2v) is 5.41. The quantitative estimate of drug-likeness (QED) is 0.789. The van der Waals surface area contributed by atoms with Crippen LogP contribution >= 0.6 is 24.8 Å². The van der Waals surface area contributed by atoms with E-state index in [2.05, 4.69) is 5.32 Å². The van der Waals surface area contributed by atoms with Crippen LogP contribution in [0.25, 0.3) is 0 Å². The molecule has 1 N–H and O–H groups in total. The van der Waals surface area contributed by atoms with Gasteiger partial charge >= 0.3 is 6.18 Å². The smallest absolute Gasteiger partial charge is 0.314 e. The van der Waals surface area contributed by atoms with Crippen LogP contribution in [-0.2, 0) is 0 Å². The summed E-state index contributed by atoms with van der Waals surface area (Å²) < 4.78 is 51.4. The lowest BCUT2D eigenvalue weighted by molar-refractivity contribution is -0.138. The number of nitrogens with one attached hydrogen (secondary N) is 1. The van der Waals surface area contributed by atoms with Crippen molar-refractivity contribution in [3.8, 4) is 0 Å². The summed E-state index contributed by atoms with van der Waals surface area (Å²) in [6, 6.07) is 4.27. The molecule has 1 aliphatic heterocycles. The molecule has 1 heterocycles. The van der Waals surface area contributed by atoms with E-state index >= 15 is 0 Å². The maximum absolute atomic E-state index is 13.7. The van der Waals surface area contributed by atoms with Gasteiger partial charge in [-0.05, 0) is 30.5 Å². The van der Waals surface area contributed by atoms with Gasteiger partial charge in [-0.1, -0.05) is 12.1 Å². The highest BCUT2D eigenvalue weighted by molar-refractivity contribution is 5.85. The third-order valence-electron chi connectivity index (χ3n) is 3.96. The van der Waals surface area contributed by atoms with Crippen LogP contribution in [0.4, 0.5) is 17.6 Å². The third-order valence-corrected chi connectivity index (χ3v) is 3.96. The van der Waals surface area contributed by atoms with E-state index < -0.39 is 12.6 Å². The molecule has 0 saturated carbocycles. The lowest BCUT2D eigenvalue weighted by Gasteiger charge is -2.36. The molecule has 0 radical (unpaired) electrons. The van der Waals surface area contributed by atoms with Crippen molar-refractivity contribution >= 4 is 24.8 Å². The van der Waals surface area contributed by atoms with Crippen molar-refractivity contribution in [1.82, 2.24) is 10.2 Å². The van der Waals surface area contributed by atoms with E-state index in [1.54, 1.807) is 19.1 Å². The van der Waals surface area contributed by atoms with Gasteiger partial charge in [0.15, 0.2) is 0 Å². The van der Waals surface area contributed by atoms with Crippen LogP contribution in [0.5, 0.6) is 0 Å². The lowest BCUT2D eigenvalue weighted by atomic mass is 9.95. The van der Waals surface area contributed by atoms with E-state index in [1.807, 2.05) is 4.90 Å². The minimum atomic E-state index is -4.19. The largest absolute Gasteiger partial charge is 0.389 e. The van der Waals surface area contributed by atoms with Gasteiger partial charge in [-0.15, -0.1) is 24.8 Å². The zero-order valence-corrected chi connectivity index (χ0v) is 14.5. The molecular weight excluding hydrogens is 355 g/mol. The number of rotatable bonds is 4. The average Bonchev–Trinajstić information content (AvgIpc) is 2.43. The highest BCUT2D eigenvalue weighted by Gasteiger charge is 2.32. The number of piperazine rings is 1. The van der Waals surface area contributed by atoms with Crippen LogP contribution in [0.15, 0.2) is 18.2 Å². The fourth-order valence-electron chi connectivity index (χ4n) is 2.81. The number of hydrogen-bond acceptors (Lipinski definition) is 2. The summed E-state index contributed by atoms with van der Waals surface area (Å²) in [7, 11) is 0. The summed E-state index contributed by atoms with van der Waals surface area (Å²) in [5, 5.41) is 3.18. The Morgan fingerprint density at radius 2 is 1.78 bits per heavy atom. The summed E-state index contributed by atoms with van der Waals surface area (Å²) in [5.74, 6) is -0.361. The van der Waals surface area contributed by atoms with E-state index in [-0.39, 0.29) is 43.1 Å². The van der Waals surface area contributed by atoms with Crippen molar-refractivity contribution in [2.75, 3.05) is 26.2 Å². The summed E-state index contributed by atoms with van der Waals surface area (Å²) in [6.45, 7) is 4.48. The second-order valence-electron chi connectivity index (χ2n) is 5.41. The van der Waals surface area contributed by atoms with Crippen molar-refractivity contribution in [1.29, 1.82) is 0 Å². The molecule has 1 aromatic carbocycles. The molecule has 2 rings (SSSR count). The third kappa shape index (κ3) is 6.45. The number of halogens is 6. The Balaban J connectivity index is 0.00000242. The normalized spacial score (nSPS) is 17.1. The Morgan fingerprint density at radius 3 is 2.35 bits per heavy atom. The Kier molecular flexibility index (Phi) is 9.43. The first-order valence-electron chi connectivity index (χ1n) is 7.15. The topological polar surface area (TPSA) is 15.3 Å². The lowest BCUT2D eigenvalue weighted by Crippen LogP contribution is -2.45. The number of nitrogens with zero attached hydrogens (tertiary/aromatic N) is 1. The predicted molar refractivity (Wildman–Crippen MR) is 88.1 cm³/mol. The summed E-state index contributed by atoms with van der Waals surface area (Å²) in [4.78, 5) is 2.02. The van der Waals surface area contributed by atoms with Crippen LogP contribution in [0.3, 0.4) is 0 Å². The second kappa shape index (κ2) is 9.67. The van der Waals surface area contributed by atoms with Crippen molar-refractivity contribution in [2.45, 2.75) is 32.0 Å². The fourth-order valence-corrected chi connectivity index (χ4v) is 2.81. The number of alkyl halides is 3. The average molecular weight is 377 g/mol. The van der Waals surface area contributed by atoms with Gasteiger partial charge in [0.05, 0.1) is 0 Å². The first-order valence-corrected chi connectivity index (χ1v) is 7.15. The molecule has 0 aromatic heterocycles. The van der Waals surface area contributed by atoms with Crippen LogP contribution in [0.2, 0.25) is 0 Å². The van der Waals surface area contributed by atoms with Gasteiger partial charge in [0, 0.05) is 38.6 Å². The fraction of sp³-hybridized carbons (Fsp3) is 0.600. The first-order chi connectivity index (χ1) is 9.88. The van der Waals surface area contributed by atoms with Crippen molar-refractivity contribution in [3.05, 3.63) is 35.1 Å². The van der Waals surface area contributed by atoms with Crippen LogP contribution in [0.1, 0.15) is 30.0 Å². The maximum atomic E-state index is 13.7. The van der Waals surface area contributed by atoms with E-state index in [9.17, 15) is 17.6 Å². The van der Waals surface area contributed by atoms with Gasteiger partial charge in [-0.25, -0.2) is 4.39 Å². The molecule has 0 bridgehead atoms. The highest BCUT2D eigenvalue weighted by Crippen LogP contribution is 2.33. The SMILES string of the molecule is Cc1c(F)cccc1[C@H](CCC(F)(F)F)N1CCNCC1.Cl.Cl.